The van der Waals surface area contributed by atoms with Crippen molar-refractivity contribution < 1.29 is 14.0 Å². The number of fused-ring (bicyclic) bond motifs is 1. The molecule has 1 aliphatic rings. The van der Waals surface area contributed by atoms with E-state index in [1.165, 1.54) is 6.26 Å². The molecule has 0 aliphatic carbocycles. The smallest absolute Gasteiger partial charge is 0.289 e. The lowest BCUT2D eigenvalue weighted by Gasteiger charge is -2.38. The molecule has 32 heavy (non-hydrogen) atoms. The third kappa shape index (κ3) is 3.63. The lowest BCUT2D eigenvalue weighted by atomic mass is 9.93. The van der Waals surface area contributed by atoms with Gasteiger partial charge in [0.25, 0.3) is 5.91 Å². The van der Waals surface area contributed by atoms with Crippen LogP contribution in [0.4, 0.5) is 0 Å². The predicted molar refractivity (Wildman–Crippen MR) is 123 cm³/mol. The zero-order chi connectivity index (χ0) is 22.1. The fourth-order valence-electron chi connectivity index (χ4n) is 4.63. The maximum atomic E-state index is 14.0. The molecule has 1 fully saturated rings. The van der Waals surface area contributed by atoms with E-state index in [4.69, 9.17) is 4.42 Å². The number of Topliss-reactive ketones (excluding diaryl/α,β-unsaturated/α-hetero) is 1. The maximum absolute atomic E-state index is 14.0. The quantitative estimate of drug-likeness (QED) is 0.478. The fraction of sp³-hybridized carbons (Fsp3) is 0.231. The Balaban J connectivity index is 1.44. The van der Waals surface area contributed by atoms with Gasteiger partial charge in [0.2, 0.25) is 0 Å². The van der Waals surface area contributed by atoms with Gasteiger partial charge in [-0.25, -0.2) is 0 Å². The summed E-state index contributed by atoms with van der Waals surface area (Å²) in [6.45, 7) is 4.26. The molecule has 0 spiro atoms. The molecule has 162 valence electrons. The van der Waals surface area contributed by atoms with Crippen molar-refractivity contribution in [2.45, 2.75) is 13.0 Å². The number of nitrogens with one attached hydrogen (secondary N) is 1. The minimum atomic E-state index is -0.407. The molecular weight excluding hydrogens is 402 g/mol. The van der Waals surface area contributed by atoms with Crippen LogP contribution in [0.5, 0.6) is 0 Å². The molecule has 1 atom stereocenters. The van der Waals surface area contributed by atoms with E-state index < -0.39 is 6.04 Å². The average molecular weight is 428 g/mol. The second-order valence-corrected chi connectivity index (χ2v) is 8.15. The number of carbonyl (C=O) groups excluding carboxylic acids is 2. The highest BCUT2D eigenvalue weighted by atomic mass is 16.3. The number of benzene rings is 2. The summed E-state index contributed by atoms with van der Waals surface area (Å²) in [6.07, 6.45) is 1.51. The Kier molecular flexibility index (Phi) is 5.37. The van der Waals surface area contributed by atoms with Crippen molar-refractivity contribution in [2.75, 3.05) is 26.2 Å². The zero-order valence-electron chi connectivity index (χ0n) is 18.0. The van der Waals surface area contributed by atoms with Crippen molar-refractivity contribution in [1.82, 2.24) is 14.8 Å². The molecule has 5 rings (SSSR count). The van der Waals surface area contributed by atoms with Crippen molar-refractivity contribution in [3.05, 3.63) is 95.6 Å². The molecule has 1 N–H and O–H groups in total. The van der Waals surface area contributed by atoms with Crippen LogP contribution in [-0.4, -0.2) is 52.7 Å². The first-order chi connectivity index (χ1) is 15.6. The Labute approximate surface area is 186 Å². The zero-order valence-corrected chi connectivity index (χ0v) is 18.0. The monoisotopic (exact) mass is 427 g/mol. The van der Waals surface area contributed by atoms with Crippen LogP contribution in [0.1, 0.15) is 38.2 Å². The summed E-state index contributed by atoms with van der Waals surface area (Å²) in [4.78, 5) is 34.0. The van der Waals surface area contributed by atoms with Crippen LogP contribution in [0.2, 0.25) is 0 Å². The molecule has 0 saturated carbocycles. The van der Waals surface area contributed by atoms with Crippen molar-refractivity contribution >= 4 is 22.6 Å². The molecule has 1 aliphatic heterocycles. The van der Waals surface area contributed by atoms with E-state index in [1.807, 2.05) is 61.5 Å². The molecule has 0 bridgehead atoms. The first kappa shape index (κ1) is 20.3. The minimum Gasteiger partial charge on any atom is -0.459 e. The van der Waals surface area contributed by atoms with Gasteiger partial charge in [-0.05, 0) is 30.7 Å². The Morgan fingerprint density at radius 1 is 0.906 bits per heavy atom. The molecule has 6 nitrogen and oxygen atoms in total. The number of nitrogens with zero attached hydrogens (tertiary/aromatic N) is 2. The second kappa shape index (κ2) is 8.48. The Bertz CT molecular complexity index is 1240. The number of aryl methyl sites for hydroxylation is 1. The Morgan fingerprint density at radius 3 is 2.34 bits per heavy atom. The molecule has 6 heteroatoms. The van der Waals surface area contributed by atoms with Gasteiger partial charge in [0.05, 0.1) is 12.3 Å². The number of amides is 1. The number of hydrogen-bond acceptors (Lipinski definition) is 4. The molecule has 1 saturated heterocycles. The van der Waals surface area contributed by atoms with E-state index in [0.29, 0.717) is 31.9 Å². The topological polar surface area (TPSA) is 69.6 Å². The summed E-state index contributed by atoms with van der Waals surface area (Å²) in [5, 5.41) is 0.947. The number of H-pyrrole nitrogens is 1. The SMILES string of the molecule is Cc1[nH]c2ccccc2c1C(=O)[C@@H](c1ccccc1)N1CCN(C(=O)c2ccco2)CC1. The third-order valence-corrected chi connectivity index (χ3v) is 6.20. The van der Waals surface area contributed by atoms with Gasteiger partial charge in [-0.2, -0.15) is 0 Å². The normalized spacial score (nSPS) is 15.7. The van der Waals surface area contributed by atoms with E-state index in [9.17, 15) is 9.59 Å². The number of carbonyl (C=O) groups is 2. The first-order valence-corrected chi connectivity index (χ1v) is 10.9. The number of rotatable bonds is 5. The van der Waals surface area contributed by atoms with Crippen LogP contribution in [0.25, 0.3) is 10.9 Å². The van der Waals surface area contributed by atoms with Crippen molar-refractivity contribution in [1.29, 1.82) is 0 Å². The lowest BCUT2D eigenvalue weighted by molar-refractivity contribution is 0.0510. The van der Waals surface area contributed by atoms with Crippen molar-refractivity contribution in [3.8, 4) is 0 Å². The Morgan fingerprint density at radius 2 is 1.62 bits per heavy atom. The van der Waals surface area contributed by atoms with Gasteiger partial charge in [0, 0.05) is 48.3 Å². The third-order valence-electron chi connectivity index (χ3n) is 6.20. The number of para-hydroxylation sites is 1. The number of hydrogen-bond donors (Lipinski definition) is 1. The van der Waals surface area contributed by atoms with Crippen LogP contribution in [0, 0.1) is 6.92 Å². The molecular formula is C26H25N3O3. The summed E-state index contributed by atoms with van der Waals surface area (Å²) < 4.78 is 5.27. The Hall–Kier alpha value is -3.64. The van der Waals surface area contributed by atoms with Gasteiger partial charge < -0.3 is 14.3 Å². The summed E-state index contributed by atoms with van der Waals surface area (Å²) in [6, 6.07) is 20.8. The van der Waals surface area contributed by atoms with Crippen LogP contribution in [-0.2, 0) is 0 Å². The maximum Gasteiger partial charge on any atom is 0.289 e. The lowest BCUT2D eigenvalue weighted by Crippen LogP contribution is -2.51. The van der Waals surface area contributed by atoms with E-state index in [-0.39, 0.29) is 11.7 Å². The first-order valence-electron chi connectivity index (χ1n) is 10.9. The van der Waals surface area contributed by atoms with Gasteiger partial charge in [-0.15, -0.1) is 0 Å². The molecule has 0 radical (unpaired) electrons. The van der Waals surface area contributed by atoms with E-state index in [2.05, 4.69) is 9.88 Å². The standard InChI is InChI=1S/C26H25N3O3/c1-18-23(20-10-5-6-11-21(20)27-18)25(30)24(19-8-3-2-4-9-19)28-13-15-29(16-14-28)26(31)22-12-7-17-32-22/h2-12,17,24,27H,13-16H2,1H3/t24-/m1/s1. The van der Waals surface area contributed by atoms with Crippen LogP contribution in [0.3, 0.4) is 0 Å². The average Bonchev–Trinajstić information content (AvgIpc) is 3.47. The van der Waals surface area contributed by atoms with Gasteiger partial charge in [-0.1, -0.05) is 48.5 Å². The predicted octanol–water partition coefficient (Wildman–Crippen LogP) is 4.45. The minimum absolute atomic E-state index is 0.0805. The summed E-state index contributed by atoms with van der Waals surface area (Å²) in [5.74, 6) is 0.324. The van der Waals surface area contributed by atoms with Gasteiger partial charge in [-0.3, -0.25) is 14.5 Å². The summed E-state index contributed by atoms with van der Waals surface area (Å²) in [5.41, 5.74) is 3.55. The van der Waals surface area contributed by atoms with Crippen molar-refractivity contribution in [3.63, 3.8) is 0 Å². The number of aromatic nitrogens is 1. The highest BCUT2D eigenvalue weighted by molar-refractivity contribution is 6.11. The molecule has 2 aromatic carbocycles. The van der Waals surface area contributed by atoms with Crippen LogP contribution >= 0.6 is 0 Å². The van der Waals surface area contributed by atoms with E-state index in [1.54, 1.807) is 17.0 Å². The highest BCUT2D eigenvalue weighted by Gasteiger charge is 2.34. The van der Waals surface area contributed by atoms with Crippen LogP contribution in [0.15, 0.2) is 77.4 Å². The number of aromatic amines is 1. The molecule has 3 heterocycles. The molecule has 1 amide bonds. The molecule has 2 aromatic heterocycles. The molecule has 0 unspecified atom stereocenters. The van der Waals surface area contributed by atoms with Crippen molar-refractivity contribution in [2.24, 2.45) is 0 Å². The number of furan rings is 1. The van der Waals surface area contributed by atoms with E-state index >= 15 is 0 Å². The second-order valence-electron chi connectivity index (χ2n) is 8.15. The number of ketones is 1. The van der Waals surface area contributed by atoms with Crippen LogP contribution < -0.4 is 0 Å². The van der Waals surface area contributed by atoms with Gasteiger partial charge in [0.15, 0.2) is 11.5 Å². The number of piperazine rings is 1. The summed E-state index contributed by atoms with van der Waals surface area (Å²) >= 11 is 0. The molecule has 4 aromatic rings. The van der Waals surface area contributed by atoms with Gasteiger partial charge in [0.1, 0.15) is 0 Å². The largest absolute Gasteiger partial charge is 0.459 e. The van der Waals surface area contributed by atoms with Gasteiger partial charge >= 0.3 is 0 Å². The van der Waals surface area contributed by atoms with E-state index in [0.717, 1.165) is 27.7 Å². The fourth-order valence-corrected chi connectivity index (χ4v) is 4.63. The summed E-state index contributed by atoms with van der Waals surface area (Å²) in [7, 11) is 0. The highest BCUT2D eigenvalue weighted by Crippen LogP contribution is 2.31.